The van der Waals surface area contributed by atoms with Gasteiger partial charge in [0, 0.05) is 23.1 Å². The van der Waals surface area contributed by atoms with Crippen LogP contribution in [0.3, 0.4) is 0 Å². The maximum absolute atomic E-state index is 13.1. The lowest BCUT2D eigenvalue weighted by Gasteiger charge is -2.29. The Morgan fingerprint density at radius 1 is 1.32 bits per heavy atom. The molecule has 2 aliphatic heterocycles. The second-order valence-electron chi connectivity index (χ2n) is 5.62. The largest absolute Gasteiger partial charge is 0.312 e. The Balaban J connectivity index is 1.70. The SMILES string of the molecule is Fc1ccc(CN2CCCC2C2CCCN2)c(Br)c1. The Morgan fingerprint density at radius 3 is 2.95 bits per heavy atom. The Morgan fingerprint density at radius 2 is 2.21 bits per heavy atom. The zero-order valence-corrected chi connectivity index (χ0v) is 12.6. The monoisotopic (exact) mass is 326 g/mol. The zero-order chi connectivity index (χ0) is 13.2. The first kappa shape index (κ1) is 13.5. The summed E-state index contributed by atoms with van der Waals surface area (Å²) in [7, 11) is 0. The van der Waals surface area contributed by atoms with E-state index in [0.29, 0.717) is 12.1 Å². The highest BCUT2D eigenvalue weighted by molar-refractivity contribution is 9.10. The number of likely N-dealkylation sites (tertiary alicyclic amines) is 1. The van der Waals surface area contributed by atoms with E-state index in [0.717, 1.165) is 24.1 Å². The van der Waals surface area contributed by atoms with Crippen molar-refractivity contribution in [3.05, 3.63) is 34.1 Å². The van der Waals surface area contributed by atoms with E-state index >= 15 is 0 Å². The molecule has 2 nitrogen and oxygen atoms in total. The number of hydrogen-bond acceptors (Lipinski definition) is 2. The molecule has 2 aliphatic rings. The van der Waals surface area contributed by atoms with Crippen molar-refractivity contribution in [1.29, 1.82) is 0 Å². The van der Waals surface area contributed by atoms with E-state index in [2.05, 4.69) is 26.1 Å². The molecule has 0 radical (unpaired) electrons. The van der Waals surface area contributed by atoms with Gasteiger partial charge in [-0.3, -0.25) is 4.90 Å². The molecule has 0 amide bonds. The average molecular weight is 327 g/mol. The molecule has 0 aliphatic carbocycles. The van der Waals surface area contributed by atoms with Crippen molar-refractivity contribution >= 4 is 15.9 Å². The third-order valence-corrected chi connectivity index (χ3v) is 5.10. The lowest BCUT2D eigenvalue weighted by atomic mass is 10.0. The van der Waals surface area contributed by atoms with Crippen molar-refractivity contribution in [2.75, 3.05) is 13.1 Å². The maximum atomic E-state index is 13.1. The van der Waals surface area contributed by atoms with Gasteiger partial charge in [0.25, 0.3) is 0 Å². The lowest BCUT2D eigenvalue weighted by Crippen LogP contribution is -2.43. The first-order chi connectivity index (χ1) is 9.24. The summed E-state index contributed by atoms with van der Waals surface area (Å²) in [6, 6.07) is 6.32. The van der Waals surface area contributed by atoms with Crippen LogP contribution < -0.4 is 5.32 Å². The fraction of sp³-hybridized carbons (Fsp3) is 0.600. The topological polar surface area (TPSA) is 15.3 Å². The van der Waals surface area contributed by atoms with Crippen molar-refractivity contribution < 1.29 is 4.39 Å². The van der Waals surface area contributed by atoms with E-state index in [4.69, 9.17) is 0 Å². The summed E-state index contributed by atoms with van der Waals surface area (Å²) >= 11 is 3.48. The lowest BCUT2D eigenvalue weighted by molar-refractivity contribution is 0.206. The summed E-state index contributed by atoms with van der Waals surface area (Å²) in [6.45, 7) is 3.24. The molecule has 4 heteroatoms. The van der Waals surface area contributed by atoms with Crippen LogP contribution in [0.1, 0.15) is 31.2 Å². The van der Waals surface area contributed by atoms with Gasteiger partial charge in [-0.2, -0.15) is 0 Å². The predicted octanol–water partition coefficient (Wildman–Crippen LogP) is 3.30. The summed E-state index contributed by atoms with van der Waals surface area (Å²) in [5.74, 6) is -0.175. The first-order valence-electron chi connectivity index (χ1n) is 7.15. The van der Waals surface area contributed by atoms with Crippen LogP contribution in [0.4, 0.5) is 4.39 Å². The van der Waals surface area contributed by atoms with Crippen LogP contribution in [0.15, 0.2) is 22.7 Å². The van der Waals surface area contributed by atoms with Gasteiger partial charge in [0.15, 0.2) is 0 Å². The maximum Gasteiger partial charge on any atom is 0.124 e. The van der Waals surface area contributed by atoms with Gasteiger partial charge in [0.05, 0.1) is 0 Å². The summed E-state index contributed by atoms with van der Waals surface area (Å²) in [5, 5.41) is 3.62. The molecule has 1 N–H and O–H groups in total. The number of benzene rings is 1. The van der Waals surface area contributed by atoms with Crippen LogP contribution in [0, 0.1) is 5.82 Å². The zero-order valence-electron chi connectivity index (χ0n) is 11.0. The van der Waals surface area contributed by atoms with Crippen molar-refractivity contribution in [3.8, 4) is 0 Å². The molecule has 0 spiro atoms. The Kier molecular flexibility index (Phi) is 4.20. The third kappa shape index (κ3) is 3.01. The summed E-state index contributed by atoms with van der Waals surface area (Å²) in [4.78, 5) is 2.56. The van der Waals surface area contributed by atoms with Crippen LogP contribution in [0.25, 0.3) is 0 Å². The summed E-state index contributed by atoms with van der Waals surface area (Å²) in [5.41, 5.74) is 1.19. The van der Waals surface area contributed by atoms with Crippen molar-refractivity contribution in [3.63, 3.8) is 0 Å². The van der Waals surface area contributed by atoms with Gasteiger partial charge in [-0.1, -0.05) is 22.0 Å². The number of rotatable bonds is 3. The van der Waals surface area contributed by atoms with E-state index in [9.17, 15) is 4.39 Å². The quantitative estimate of drug-likeness (QED) is 0.916. The fourth-order valence-electron chi connectivity index (χ4n) is 3.41. The molecule has 2 fully saturated rings. The Hall–Kier alpha value is -0.450. The molecule has 3 rings (SSSR count). The molecule has 1 aromatic carbocycles. The van der Waals surface area contributed by atoms with Crippen molar-refractivity contribution in [1.82, 2.24) is 10.2 Å². The first-order valence-corrected chi connectivity index (χ1v) is 7.95. The van der Waals surface area contributed by atoms with Gasteiger partial charge in [0.1, 0.15) is 5.82 Å². The van der Waals surface area contributed by atoms with Gasteiger partial charge in [0.2, 0.25) is 0 Å². The summed E-state index contributed by atoms with van der Waals surface area (Å²) < 4.78 is 14.0. The molecule has 104 valence electrons. The molecule has 2 heterocycles. The van der Waals surface area contributed by atoms with Crippen molar-refractivity contribution in [2.45, 2.75) is 44.3 Å². The Labute approximate surface area is 122 Å². The van der Waals surface area contributed by atoms with E-state index in [-0.39, 0.29) is 5.82 Å². The normalized spacial score (nSPS) is 28.1. The molecule has 2 atom stereocenters. The number of nitrogens with one attached hydrogen (secondary N) is 1. The van der Waals surface area contributed by atoms with Crippen LogP contribution in [0.5, 0.6) is 0 Å². The van der Waals surface area contributed by atoms with Gasteiger partial charge in [-0.05, 0) is 56.5 Å². The number of halogens is 2. The molecule has 2 unspecified atom stereocenters. The second-order valence-corrected chi connectivity index (χ2v) is 6.47. The average Bonchev–Trinajstić information content (AvgIpc) is 3.03. The van der Waals surface area contributed by atoms with Crippen LogP contribution in [-0.2, 0) is 6.54 Å². The molecule has 0 bridgehead atoms. The molecule has 1 aromatic rings. The van der Waals surface area contributed by atoms with E-state index in [1.165, 1.54) is 31.2 Å². The number of nitrogens with zero attached hydrogens (tertiary/aromatic N) is 1. The van der Waals surface area contributed by atoms with E-state index < -0.39 is 0 Å². The fourth-order valence-corrected chi connectivity index (χ4v) is 3.89. The standard InChI is InChI=1S/C15H20BrFN2/c16-13-9-12(17)6-5-11(13)10-19-8-2-4-15(19)14-3-1-7-18-14/h5-6,9,14-15,18H,1-4,7-8,10H2. The second kappa shape index (κ2) is 5.90. The molecular weight excluding hydrogens is 307 g/mol. The van der Waals surface area contributed by atoms with Gasteiger partial charge in [-0.15, -0.1) is 0 Å². The van der Waals surface area contributed by atoms with Crippen LogP contribution >= 0.6 is 15.9 Å². The van der Waals surface area contributed by atoms with Crippen LogP contribution in [-0.4, -0.2) is 30.1 Å². The smallest absolute Gasteiger partial charge is 0.124 e. The molecule has 2 saturated heterocycles. The highest BCUT2D eigenvalue weighted by atomic mass is 79.9. The van der Waals surface area contributed by atoms with E-state index in [1.54, 1.807) is 12.1 Å². The van der Waals surface area contributed by atoms with Crippen LogP contribution in [0.2, 0.25) is 0 Å². The minimum atomic E-state index is -0.175. The predicted molar refractivity (Wildman–Crippen MR) is 78.6 cm³/mol. The Bertz CT molecular complexity index is 446. The molecule has 0 aromatic heterocycles. The molecule has 0 saturated carbocycles. The van der Waals surface area contributed by atoms with Gasteiger partial charge >= 0.3 is 0 Å². The minimum Gasteiger partial charge on any atom is -0.312 e. The minimum absolute atomic E-state index is 0.175. The number of hydrogen-bond donors (Lipinski definition) is 1. The van der Waals surface area contributed by atoms with Gasteiger partial charge < -0.3 is 5.32 Å². The van der Waals surface area contributed by atoms with Crippen molar-refractivity contribution in [2.24, 2.45) is 0 Å². The highest BCUT2D eigenvalue weighted by Gasteiger charge is 2.33. The molecule has 19 heavy (non-hydrogen) atoms. The van der Waals surface area contributed by atoms with E-state index in [1.807, 2.05) is 6.07 Å². The third-order valence-electron chi connectivity index (χ3n) is 4.37. The van der Waals surface area contributed by atoms with Gasteiger partial charge in [-0.25, -0.2) is 4.39 Å². The summed E-state index contributed by atoms with van der Waals surface area (Å²) in [6.07, 6.45) is 5.17. The highest BCUT2D eigenvalue weighted by Crippen LogP contribution is 2.28. The molecular formula is C15H20BrFN2.